The number of morpholine rings is 1. The summed E-state index contributed by atoms with van der Waals surface area (Å²) in [5.41, 5.74) is 0.583. The predicted octanol–water partition coefficient (Wildman–Crippen LogP) is 2.72. The SMILES string of the molecule is CCC(c1ccc(F)cc1F)N1CCN(C(=NC)NCCCCN2CCOCC2)CC1. The molecule has 1 N–H and O–H groups in total. The normalized spacial score (nSPS) is 20.1. The Labute approximate surface area is 185 Å². The highest BCUT2D eigenvalue weighted by molar-refractivity contribution is 5.79. The summed E-state index contributed by atoms with van der Waals surface area (Å²) in [6.07, 6.45) is 3.07. The van der Waals surface area contributed by atoms with E-state index in [1.54, 1.807) is 6.07 Å². The van der Waals surface area contributed by atoms with Crippen LogP contribution in [-0.2, 0) is 4.74 Å². The van der Waals surface area contributed by atoms with E-state index in [-0.39, 0.29) is 6.04 Å². The summed E-state index contributed by atoms with van der Waals surface area (Å²) >= 11 is 0. The molecule has 0 saturated carbocycles. The molecular weight excluding hydrogens is 400 g/mol. The van der Waals surface area contributed by atoms with Crippen molar-refractivity contribution in [3.8, 4) is 0 Å². The molecule has 1 aromatic carbocycles. The van der Waals surface area contributed by atoms with Crippen LogP contribution in [0.3, 0.4) is 0 Å². The van der Waals surface area contributed by atoms with Crippen LogP contribution in [0.4, 0.5) is 8.78 Å². The van der Waals surface area contributed by atoms with Gasteiger partial charge in [0.25, 0.3) is 0 Å². The lowest BCUT2D eigenvalue weighted by atomic mass is 10.0. The second-order valence-electron chi connectivity index (χ2n) is 8.25. The van der Waals surface area contributed by atoms with E-state index < -0.39 is 11.6 Å². The minimum absolute atomic E-state index is 0.0297. The third-order valence-electron chi connectivity index (χ3n) is 6.26. The first-order valence-corrected chi connectivity index (χ1v) is 11.6. The molecule has 2 heterocycles. The molecule has 1 atom stereocenters. The molecule has 1 aromatic rings. The Kier molecular flexibility index (Phi) is 9.49. The Balaban J connectivity index is 1.41. The van der Waals surface area contributed by atoms with Gasteiger partial charge >= 0.3 is 0 Å². The van der Waals surface area contributed by atoms with Crippen molar-refractivity contribution in [3.63, 3.8) is 0 Å². The van der Waals surface area contributed by atoms with Crippen molar-refractivity contribution in [2.24, 2.45) is 4.99 Å². The number of benzene rings is 1. The second-order valence-corrected chi connectivity index (χ2v) is 8.25. The van der Waals surface area contributed by atoms with Gasteiger partial charge in [0, 0.05) is 70.5 Å². The fourth-order valence-corrected chi connectivity index (χ4v) is 4.51. The molecule has 174 valence electrons. The van der Waals surface area contributed by atoms with Gasteiger partial charge in [-0.1, -0.05) is 13.0 Å². The van der Waals surface area contributed by atoms with Gasteiger partial charge in [0.15, 0.2) is 5.96 Å². The van der Waals surface area contributed by atoms with Crippen LogP contribution in [0.15, 0.2) is 23.2 Å². The maximum absolute atomic E-state index is 14.3. The summed E-state index contributed by atoms with van der Waals surface area (Å²) in [4.78, 5) is 11.5. The molecule has 0 bridgehead atoms. The number of unbranched alkanes of at least 4 members (excludes halogenated alkanes) is 1. The van der Waals surface area contributed by atoms with Crippen LogP contribution in [0.25, 0.3) is 0 Å². The molecule has 2 aliphatic heterocycles. The van der Waals surface area contributed by atoms with Gasteiger partial charge in [-0.15, -0.1) is 0 Å². The molecule has 2 fully saturated rings. The van der Waals surface area contributed by atoms with Crippen molar-refractivity contribution in [1.82, 2.24) is 20.0 Å². The second kappa shape index (κ2) is 12.3. The lowest BCUT2D eigenvalue weighted by Crippen LogP contribution is -2.53. The molecule has 0 aliphatic carbocycles. The van der Waals surface area contributed by atoms with E-state index in [1.807, 2.05) is 7.05 Å². The van der Waals surface area contributed by atoms with E-state index >= 15 is 0 Å². The van der Waals surface area contributed by atoms with Gasteiger partial charge in [-0.05, 0) is 31.9 Å². The largest absolute Gasteiger partial charge is 0.379 e. The molecule has 0 spiro atoms. The summed E-state index contributed by atoms with van der Waals surface area (Å²) in [7, 11) is 1.82. The van der Waals surface area contributed by atoms with Gasteiger partial charge in [0.05, 0.1) is 13.2 Å². The third kappa shape index (κ3) is 6.85. The van der Waals surface area contributed by atoms with E-state index in [0.29, 0.717) is 5.56 Å². The standard InChI is InChI=1S/C23H37F2N5O/c1-3-22(20-7-6-19(24)18-21(20)25)29-10-12-30(13-11-29)23(26-2)27-8-4-5-9-28-14-16-31-17-15-28/h6-7,18,22H,3-5,8-17H2,1-2H3,(H,26,27). The zero-order valence-electron chi connectivity index (χ0n) is 19.0. The number of guanidine groups is 1. The minimum atomic E-state index is -0.527. The quantitative estimate of drug-likeness (QED) is 0.385. The molecule has 31 heavy (non-hydrogen) atoms. The van der Waals surface area contributed by atoms with Gasteiger partial charge < -0.3 is 15.0 Å². The van der Waals surface area contributed by atoms with Gasteiger partial charge in [0.1, 0.15) is 11.6 Å². The third-order valence-corrected chi connectivity index (χ3v) is 6.26. The zero-order chi connectivity index (χ0) is 22.1. The summed E-state index contributed by atoms with van der Waals surface area (Å²) in [6, 6.07) is 3.89. The average Bonchev–Trinajstić information content (AvgIpc) is 2.79. The van der Waals surface area contributed by atoms with Crippen LogP contribution >= 0.6 is 0 Å². The van der Waals surface area contributed by atoms with Crippen molar-refractivity contribution in [1.29, 1.82) is 0 Å². The highest BCUT2D eigenvalue weighted by Gasteiger charge is 2.27. The van der Waals surface area contributed by atoms with Crippen LogP contribution in [-0.4, -0.2) is 93.3 Å². The summed E-state index contributed by atoms with van der Waals surface area (Å²) < 4.78 is 33.0. The minimum Gasteiger partial charge on any atom is -0.379 e. The Morgan fingerprint density at radius 3 is 2.48 bits per heavy atom. The molecule has 1 unspecified atom stereocenters. The summed E-state index contributed by atoms with van der Waals surface area (Å²) in [5.74, 6) is -0.0448. The number of halogens is 2. The van der Waals surface area contributed by atoms with Crippen LogP contribution in [0, 0.1) is 11.6 Å². The predicted molar refractivity (Wildman–Crippen MR) is 120 cm³/mol. The highest BCUT2D eigenvalue weighted by Crippen LogP contribution is 2.28. The molecule has 6 nitrogen and oxygen atoms in total. The van der Waals surface area contributed by atoms with Crippen molar-refractivity contribution < 1.29 is 13.5 Å². The maximum atomic E-state index is 14.3. The monoisotopic (exact) mass is 437 g/mol. The van der Waals surface area contributed by atoms with Crippen molar-refractivity contribution >= 4 is 5.96 Å². The first-order valence-electron chi connectivity index (χ1n) is 11.6. The van der Waals surface area contributed by atoms with E-state index in [9.17, 15) is 8.78 Å². The van der Waals surface area contributed by atoms with Crippen LogP contribution in [0.1, 0.15) is 37.8 Å². The van der Waals surface area contributed by atoms with Gasteiger partial charge in [-0.2, -0.15) is 0 Å². The fraction of sp³-hybridized carbons (Fsp3) is 0.696. The number of piperazine rings is 1. The smallest absolute Gasteiger partial charge is 0.193 e. The van der Waals surface area contributed by atoms with Crippen LogP contribution < -0.4 is 5.32 Å². The Bertz CT molecular complexity index is 703. The Morgan fingerprint density at radius 2 is 1.84 bits per heavy atom. The first kappa shape index (κ1) is 23.9. The molecular formula is C23H37F2N5O. The molecule has 2 saturated heterocycles. The van der Waals surface area contributed by atoms with Crippen LogP contribution in [0.5, 0.6) is 0 Å². The van der Waals surface area contributed by atoms with E-state index in [0.717, 1.165) is 90.4 Å². The molecule has 0 aromatic heterocycles. The Hall–Kier alpha value is -1.77. The number of ether oxygens (including phenoxy) is 1. The van der Waals surface area contributed by atoms with E-state index in [1.165, 1.54) is 12.5 Å². The van der Waals surface area contributed by atoms with Crippen LogP contribution in [0.2, 0.25) is 0 Å². The lowest BCUT2D eigenvalue weighted by molar-refractivity contribution is 0.0372. The fourth-order valence-electron chi connectivity index (χ4n) is 4.51. The molecule has 0 radical (unpaired) electrons. The summed E-state index contributed by atoms with van der Waals surface area (Å²) in [5, 5.41) is 3.49. The highest BCUT2D eigenvalue weighted by atomic mass is 19.1. The molecule has 3 rings (SSSR count). The zero-order valence-corrected chi connectivity index (χ0v) is 19.0. The van der Waals surface area contributed by atoms with E-state index in [4.69, 9.17) is 4.74 Å². The number of rotatable bonds is 8. The Morgan fingerprint density at radius 1 is 1.10 bits per heavy atom. The molecule has 0 amide bonds. The van der Waals surface area contributed by atoms with Gasteiger partial charge in [0.2, 0.25) is 0 Å². The number of hydrogen-bond acceptors (Lipinski definition) is 4. The number of aliphatic imine (C=N–C) groups is 1. The van der Waals surface area contributed by atoms with Gasteiger partial charge in [-0.3, -0.25) is 14.8 Å². The van der Waals surface area contributed by atoms with Crippen molar-refractivity contribution in [2.75, 3.05) is 72.6 Å². The number of nitrogens with zero attached hydrogens (tertiary/aromatic N) is 4. The van der Waals surface area contributed by atoms with Gasteiger partial charge in [-0.25, -0.2) is 8.78 Å². The van der Waals surface area contributed by atoms with E-state index in [2.05, 4.69) is 31.9 Å². The topological polar surface area (TPSA) is 43.3 Å². The molecule has 2 aliphatic rings. The number of hydrogen-bond donors (Lipinski definition) is 1. The number of nitrogens with one attached hydrogen (secondary N) is 1. The van der Waals surface area contributed by atoms with Crippen molar-refractivity contribution in [2.45, 2.75) is 32.2 Å². The maximum Gasteiger partial charge on any atom is 0.193 e. The first-order chi connectivity index (χ1) is 15.1. The lowest BCUT2D eigenvalue weighted by Gasteiger charge is -2.40. The molecule has 8 heteroatoms. The van der Waals surface area contributed by atoms with Crippen molar-refractivity contribution in [3.05, 3.63) is 35.4 Å². The average molecular weight is 438 g/mol. The summed E-state index contributed by atoms with van der Waals surface area (Å²) in [6.45, 7) is 11.2.